The maximum atomic E-state index is 8.49. The monoisotopic (exact) mass is 328 g/mol. The van der Waals surface area contributed by atoms with Crippen molar-refractivity contribution >= 4 is 34.5 Å². The van der Waals surface area contributed by atoms with Crippen LogP contribution in [0.2, 0.25) is 5.02 Å². The van der Waals surface area contributed by atoms with E-state index in [0.717, 1.165) is 11.1 Å². The molecule has 0 fully saturated rings. The number of rotatable bonds is 4. The predicted molar refractivity (Wildman–Crippen MR) is 92.3 cm³/mol. The van der Waals surface area contributed by atoms with Crippen LogP contribution in [0.1, 0.15) is 11.1 Å². The molecular weight excluding hydrogens is 316 g/mol. The van der Waals surface area contributed by atoms with Crippen molar-refractivity contribution in [3.63, 3.8) is 0 Å². The Labute approximate surface area is 137 Å². The molecule has 0 atom stereocenters. The van der Waals surface area contributed by atoms with Gasteiger partial charge in [-0.25, -0.2) is 0 Å². The third kappa shape index (κ3) is 2.61. The average Bonchev–Trinajstić information content (AvgIpc) is 3.09. The smallest absolute Gasteiger partial charge is 0.159 e. The summed E-state index contributed by atoms with van der Waals surface area (Å²) in [7, 11) is 1.74. The number of anilines is 1. The summed E-state index contributed by atoms with van der Waals surface area (Å²) in [4.78, 5) is 0. The van der Waals surface area contributed by atoms with Gasteiger partial charge < -0.3 is 5.32 Å². The molecule has 0 aliphatic carbocycles. The maximum absolute atomic E-state index is 8.49. The molecule has 0 radical (unpaired) electrons. The molecule has 2 N–H and O–H groups in total. The van der Waals surface area contributed by atoms with Crippen LogP contribution in [-0.4, -0.2) is 23.0 Å². The molecule has 4 nitrogen and oxygen atoms in total. The first-order chi connectivity index (χ1) is 10.7. The highest BCUT2D eigenvalue weighted by molar-refractivity contribution is 7.08. The van der Waals surface area contributed by atoms with Crippen molar-refractivity contribution in [2.75, 3.05) is 12.4 Å². The summed E-state index contributed by atoms with van der Waals surface area (Å²) >= 11 is 8.12. The molecule has 0 saturated heterocycles. The molecule has 0 amide bonds. The number of nitrogens with one attached hydrogen (secondary N) is 2. The van der Waals surface area contributed by atoms with Crippen LogP contribution < -0.4 is 5.32 Å². The molecule has 0 aliphatic rings. The summed E-state index contributed by atoms with van der Waals surface area (Å²) < 4.78 is 0. The SMILES string of the molecule is CNc1nnc(-c2ccsc2)c(Cl)c1C(=N)c1ccccc1. The lowest BCUT2D eigenvalue weighted by Gasteiger charge is -2.13. The van der Waals surface area contributed by atoms with Crippen LogP contribution in [-0.2, 0) is 0 Å². The van der Waals surface area contributed by atoms with Gasteiger partial charge in [0.15, 0.2) is 5.82 Å². The van der Waals surface area contributed by atoms with Gasteiger partial charge in [-0.3, -0.25) is 5.41 Å². The molecule has 110 valence electrons. The second-order valence-corrected chi connectivity index (χ2v) is 5.75. The molecule has 0 aliphatic heterocycles. The van der Waals surface area contributed by atoms with E-state index in [0.29, 0.717) is 27.8 Å². The largest absolute Gasteiger partial charge is 0.371 e. The summed E-state index contributed by atoms with van der Waals surface area (Å²) in [6, 6.07) is 11.4. The molecule has 0 bridgehead atoms. The Hall–Kier alpha value is -2.24. The van der Waals surface area contributed by atoms with Crippen molar-refractivity contribution in [1.82, 2.24) is 10.2 Å². The number of thiophene rings is 1. The van der Waals surface area contributed by atoms with Crippen molar-refractivity contribution in [2.24, 2.45) is 0 Å². The quantitative estimate of drug-likeness (QED) is 0.701. The molecule has 6 heteroatoms. The summed E-state index contributed by atoms with van der Waals surface area (Å²) in [5.74, 6) is 0.498. The molecule has 0 spiro atoms. The van der Waals surface area contributed by atoms with Gasteiger partial charge in [0.2, 0.25) is 0 Å². The first-order valence-corrected chi connectivity index (χ1v) is 7.95. The topological polar surface area (TPSA) is 61.7 Å². The van der Waals surface area contributed by atoms with Crippen molar-refractivity contribution in [3.05, 3.63) is 63.3 Å². The first-order valence-electron chi connectivity index (χ1n) is 6.63. The Morgan fingerprint density at radius 2 is 1.95 bits per heavy atom. The third-order valence-corrected chi connectivity index (χ3v) is 4.31. The fraction of sp³-hybridized carbons (Fsp3) is 0.0625. The lowest BCUT2D eigenvalue weighted by Crippen LogP contribution is -2.10. The number of aromatic nitrogens is 2. The maximum Gasteiger partial charge on any atom is 0.159 e. The highest BCUT2D eigenvalue weighted by atomic mass is 35.5. The standard InChI is InChI=1S/C16H13ClN4S/c1-19-16-12(14(18)10-5-3-2-4-6-10)13(17)15(20-21-16)11-7-8-22-9-11/h2-9,18H,1H3,(H,19,21). The Balaban J connectivity index is 2.17. The van der Waals surface area contributed by atoms with E-state index in [1.807, 2.05) is 47.2 Å². The third-order valence-electron chi connectivity index (χ3n) is 3.26. The van der Waals surface area contributed by atoms with Crippen LogP contribution in [0.25, 0.3) is 11.3 Å². The number of benzene rings is 1. The van der Waals surface area contributed by atoms with Crippen LogP contribution >= 0.6 is 22.9 Å². The first kappa shape index (κ1) is 14.7. The minimum absolute atomic E-state index is 0.321. The second kappa shape index (κ2) is 6.25. The van der Waals surface area contributed by atoms with Crippen LogP contribution in [0.5, 0.6) is 0 Å². The molecule has 2 heterocycles. The van der Waals surface area contributed by atoms with Crippen molar-refractivity contribution < 1.29 is 0 Å². The van der Waals surface area contributed by atoms with Crippen molar-refractivity contribution in [1.29, 1.82) is 5.41 Å². The van der Waals surface area contributed by atoms with Gasteiger partial charge in [0, 0.05) is 23.6 Å². The highest BCUT2D eigenvalue weighted by Gasteiger charge is 2.20. The van der Waals surface area contributed by atoms with Crippen LogP contribution in [0.4, 0.5) is 5.82 Å². The molecule has 0 saturated carbocycles. The minimum Gasteiger partial charge on any atom is -0.371 e. The number of hydrogen-bond acceptors (Lipinski definition) is 5. The lowest BCUT2D eigenvalue weighted by atomic mass is 10.0. The Morgan fingerprint density at radius 1 is 1.18 bits per heavy atom. The van der Waals surface area contributed by atoms with E-state index in [2.05, 4.69) is 15.5 Å². The zero-order valence-corrected chi connectivity index (χ0v) is 13.4. The van der Waals surface area contributed by atoms with Gasteiger partial charge in [0.25, 0.3) is 0 Å². The van der Waals surface area contributed by atoms with Gasteiger partial charge in [0.1, 0.15) is 5.69 Å². The van der Waals surface area contributed by atoms with E-state index < -0.39 is 0 Å². The van der Waals surface area contributed by atoms with Gasteiger partial charge in [-0.15, -0.1) is 10.2 Å². The lowest BCUT2D eigenvalue weighted by molar-refractivity contribution is 1.03. The fourth-order valence-corrected chi connectivity index (χ4v) is 3.12. The van der Waals surface area contributed by atoms with Crippen LogP contribution in [0.3, 0.4) is 0 Å². The zero-order chi connectivity index (χ0) is 15.5. The number of halogens is 1. The fourth-order valence-electron chi connectivity index (χ4n) is 2.15. The summed E-state index contributed by atoms with van der Waals surface area (Å²) in [5.41, 5.74) is 3.17. The molecule has 1 aromatic carbocycles. The molecule has 2 aromatic heterocycles. The van der Waals surface area contributed by atoms with Gasteiger partial charge >= 0.3 is 0 Å². The molecule has 0 unspecified atom stereocenters. The summed E-state index contributed by atoms with van der Waals surface area (Å²) in [6.07, 6.45) is 0. The highest BCUT2D eigenvalue weighted by Crippen LogP contribution is 2.33. The van der Waals surface area contributed by atoms with Gasteiger partial charge in [-0.2, -0.15) is 11.3 Å². The zero-order valence-electron chi connectivity index (χ0n) is 11.8. The van der Waals surface area contributed by atoms with E-state index in [4.69, 9.17) is 17.0 Å². The summed E-state index contributed by atoms with van der Waals surface area (Å²) in [5, 5.41) is 24.2. The Bertz CT molecular complexity index is 801. The van der Waals surface area contributed by atoms with Gasteiger partial charge in [-0.1, -0.05) is 41.9 Å². The second-order valence-electron chi connectivity index (χ2n) is 4.59. The van der Waals surface area contributed by atoms with E-state index >= 15 is 0 Å². The number of nitrogens with zero attached hydrogens (tertiary/aromatic N) is 2. The molecule has 3 rings (SSSR count). The van der Waals surface area contributed by atoms with Crippen LogP contribution in [0.15, 0.2) is 47.2 Å². The number of hydrogen-bond donors (Lipinski definition) is 2. The van der Waals surface area contributed by atoms with Gasteiger partial charge in [0.05, 0.1) is 16.3 Å². The molecule has 3 aromatic rings. The normalized spacial score (nSPS) is 10.5. The van der Waals surface area contributed by atoms with E-state index in [9.17, 15) is 0 Å². The minimum atomic E-state index is 0.321. The molecule has 22 heavy (non-hydrogen) atoms. The van der Waals surface area contributed by atoms with Crippen LogP contribution in [0, 0.1) is 5.41 Å². The Kier molecular flexibility index (Phi) is 4.18. The summed E-state index contributed by atoms with van der Waals surface area (Å²) in [6.45, 7) is 0. The van der Waals surface area contributed by atoms with E-state index in [-0.39, 0.29) is 0 Å². The Morgan fingerprint density at radius 3 is 2.59 bits per heavy atom. The predicted octanol–water partition coefficient (Wildman–Crippen LogP) is 4.32. The molecular formula is C16H13ClN4S. The average molecular weight is 329 g/mol. The van der Waals surface area contributed by atoms with Gasteiger partial charge in [-0.05, 0) is 11.4 Å². The van der Waals surface area contributed by atoms with E-state index in [1.54, 1.807) is 18.4 Å². The van der Waals surface area contributed by atoms with Crippen molar-refractivity contribution in [2.45, 2.75) is 0 Å². The van der Waals surface area contributed by atoms with Crippen molar-refractivity contribution in [3.8, 4) is 11.3 Å². The van der Waals surface area contributed by atoms with E-state index in [1.165, 1.54) is 0 Å².